The van der Waals surface area contributed by atoms with Crippen LogP contribution in [0.25, 0.3) is 0 Å². The van der Waals surface area contributed by atoms with Crippen molar-refractivity contribution in [3.05, 3.63) is 29.8 Å². The van der Waals surface area contributed by atoms with Gasteiger partial charge in [-0.3, -0.25) is 0 Å². The van der Waals surface area contributed by atoms with Gasteiger partial charge in [0, 0.05) is 12.6 Å². The van der Waals surface area contributed by atoms with Gasteiger partial charge in [0.15, 0.2) is 0 Å². The first-order valence-electron chi connectivity index (χ1n) is 6.84. The number of benzene rings is 1. The molecule has 0 radical (unpaired) electrons. The highest BCUT2D eigenvalue weighted by Gasteiger charge is 2.37. The molecule has 1 saturated heterocycles. The van der Waals surface area contributed by atoms with Crippen molar-refractivity contribution in [2.45, 2.75) is 19.9 Å². The predicted octanol–water partition coefficient (Wildman–Crippen LogP) is 1.74. The van der Waals surface area contributed by atoms with E-state index in [0.29, 0.717) is 19.8 Å². The van der Waals surface area contributed by atoms with Gasteiger partial charge in [0.25, 0.3) is 0 Å². The fraction of sp³-hybridized carbons (Fsp3) is 0.600. The Bertz CT molecular complexity index is 381. The third kappa shape index (κ3) is 3.47. The first-order chi connectivity index (χ1) is 9.19. The molecule has 1 unspecified atom stereocenters. The quantitative estimate of drug-likeness (QED) is 0.788. The van der Waals surface area contributed by atoms with Crippen LogP contribution in [0.1, 0.15) is 25.5 Å². The summed E-state index contributed by atoms with van der Waals surface area (Å²) in [6, 6.07) is 8.38. The number of hydrogen-bond acceptors (Lipinski definition) is 4. The van der Waals surface area contributed by atoms with Crippen LogP contribution < -0.4 is 10.1 Å². The number of nitrogens with one attached hydrogen (secondary N) is 1. The lowest BCUT2D eigenvalue weighted by atomic mass is 9.86. The Morgan fingerprint density at radius 2 is 2.05 bits per heavy atom. The summed E-state index contributed by atoms with van der Waals surface area (Å²) in [5.41, 5.74) is 1.14. The summed E-state index contributed by atoms with van der Waals surface area (Å²) in [7, 11) is 0. The van der Waals surface area contributed by atoms with Crippen LogP contribution in [0.5, 0.6) is 5.75 Å². The van der Waals surface area contributed by atoms with Crippen molar-refractivity contribution >= 4 is 0 Å². The standard InChI is InChI=1S/C15H23NO3/c1-3-19-14-6-4-13(5-7-14)12(2)16-8-15(9-17)10-18-11-15/h4-7,12,16-17H,3,8-11H2,1-2H3. The minimum absolute atomic E-state index is 0.0838. The zero-order chi connectivity index (χ0) is 13.7. The van der Waals surface area contributed by atoms with E-state index in [1.54, 1.807) is 0 Å². The molecule has 1 atom stereocenters. The smallest absolute Gasteiger partial charge is 0.119 e. The van der Waals surface area contributed by atoms with Gasteiger partial charge in [-0.15, -0.1) is 0 Å². The van der Waals surface area contributed by atoms with Crippen LogP contribution in [0.3, 0.4) is 0 Å². The lowest BCUT2D eigenvalue weighted by Gasteiger charge is -2.40. The van der Waals surface area contributed by atoms with Gasteiger partial charge in [-0.2, -0.15) is 0 Å². The fourth-order valence-electron chi connectivity index (χ4n) is 2.15. The Morgan fingerprint density at radius 1 is 1.37 bits per heavy atom. The minimum atomic E-state index is -0.0838. The molecule has 4 nitrogen and oxygen atoms in total. The lowest BCUT2D eigenvalue weighted by molar-refractivity contribution is -0.135. The maximum absolute atomic E-state index is 9.38. The number of rotatable bonds is 7. The van der Waals surface area contributed by atoms with E-state index in [1.807, 2.05) is 19.1 Å². The molecular formula is C15H23NO3. The van der Waals surface area contributed by atoms with E-state index in [0.717, 1.165) is 12.3 Å². The van der Waals surface area contributed by atoms with Gasteiger partial charge in [0.2, 0.25) is 0 Å². The second kappa shape index (κ2) is 6.37. The van der Waals surface area contributed by atoms with Gasteiger partial charge in [-0.05, 0) is 31.5 Å². The maximum atomic E-state index is 9.38. The number of hydrogen-bond donors (Lipinski definition) is 2. The van der Waals surface area contributed by atoms with Crippen molar-refractivity contribution in [1.29, 1.82) is 0 Å². The molecule has 1 heterocycles. The van der Waals surface area contributed by atoms with E-state index in [1.165, 1.54) is 5.56 Å². The molecule has 19 heavy (non-hydrogen) atoms. The van der Waals surface area contributed by atoms with Crippen LogP contribution in [0.2, 0.25) is 0 Å². The largest absolute Gasteiger partial charge is 0.494 e. The molecule has 0 aliphatic carbocycles. The van der Waals surface area contributed by atoms with Crippen molar-refractivity contribution in [2.75, 3.05) is 33.0 Å². The highest BCUT2D eigenvalue weighted by atomic mass is 16.5. The van der Waals surface area contributed by atoms with Crippen molar-refractivity contribution in [1.82, 2.24) is 5.32 Å². The molecule has 2 N–H and O–H groups in total. The van der Waals surface area contributed by atoms with E-state index >= 15 is 0 Å². The van der Waals surface area contributed by atoms with Crippen molar-refractivity contribution in [3.63, 3.8) is 0 Å². The van der Waals surface area contributed by atoms with Gasteiger partial charge in [0.05, 0.1) is 31.8 Å². The Balaban J connectivity index is 1.86. The summed E-state index contributed by atoms with van der Waals surface area (Å²) in [5.74, 6) is 0.901. The van der Waals surface area contributed by atoms with Crippen LogP contribution in [0.15, 0.2) is 24.3 Å². The average molecular weight is 265 g/mol. The second-order valence-corrected chi connectivity index (χ2v) is 5.26. The minimum Gasteiger partial charge on any atom is -0.494 e. The van der Waals surface area contributed by atoms with E-state index in [4.69, 9.17) is 9.47 Å². The van der Waals surface area contributed by atoms with Crippen LogP contribution in [0, 0.1) is 5.41 Å². The average Bonchev–Trinajstić information content (AvgIpc) is 2.39. The highest BCUT2D eigenvalue weighted by Crippen LogP contribution is 2.27. The van der Waals surface area contributed by atoms with Gasteiger partial charge < -0.3 is 19.9 Å². The summed E-state index contributed by atoms with van der Waals surface area (Å²) in [6.07, 6.45) is 0. The Morgan fingerprint density at radius 3 is 2.53 bits per heavy atom. The molecule has 1 fully saturated rings. The molecule has 0 saturated carbocycles. The van der Waals surface area contributed by atoms with E-state index < -0.39 is 0 Å². The zero-order valence-corrected chi connectivity index (χ0v) is 11.7. The molecule has 0 amide bonds. The normalized spacial score (nSPS) is 18.7. The lowest BCUT2D eigenvalue weighted by Crippen LogP contribution is -2.52. The van der Waals surface area contributed by atoms with E-state index in [-0.39, 0.29) is 18.1 Å². The molecule has 4 heteroatoms. The molecule has 0 bridgehead atoms. The molecule has 1 aromatic rings. The van der Waals surface area contributed by atoms with Gasteiger partial charge in [-0.25, -0.2) is 0 Å². The second-order valence-electron chi connectivity index (χ2n) is 5.26. The summed E-state index contributed by atoms with van der Waals surface area (Å²) < 4.78 is 10.6. The monoisotopic (exact) mass is 265 g/mol. The van der Waals surface area contributed by atoms with Crippen molar-refractivity contribution < 1.29 is 14.6 Å². The molecule has 2 rings (SSSR count). The summed E-state index contributed by atoms with van der Waals surface area (Å²) in [5, 5.41) is 12.8. The van der Waals surface area contributed by atoms with Gasteiger partial charge >= 0.3 is 0 Å². The summed E-state index contributed by atoms with van der Waals surface area (Å²) >= 11 is 0. The topological polar surface area (TPSA) is 50.7 Å². The number of ether oxygens (including phenoxy) is 2. The first kappa shape index (κ1) is 14.3. The van der Waals surface area contributed by atoms with E-state index in [9.17, 15) is 5.11 Å². The SMILES string of the molecule is CCOc1ccc(C(C)NCC2(CO)COC2)cc1. The summed E-state index contributed by atoms with van der Waals surface area (Å²) in [6.45, 7) is 7.03. The van der Waals surface area contributed by atoms with Crippen LogP contribution in [0.4, 0.5) is 0 Å². The van der Waals surface area contributed by atoms with Crippen molar-refractivity contribution in [2.24, 2.45) is 5.41 Å². The molecular weight excluding hydrogens is 242 g/mol. The predicted molar refractivity (Wildman–Crippen MR) is 74.4 cm³/mol. The van der Waals surface area contributed by atoms with Gasteiger partial charge in [0.1, 0.15) is 5.75 Å². The third-order valence-electron chi connectivity index (χ3n) is 3.63. The Hall–Kier alpha value is -1.10. The third-order valence-corrected chi connectivity index (χ3v) is 3.63. The van der Waals surface area contributed by atoms with Crippen molar-refractivity contribution in [3.8, 4) is 5.75 Å². The van der Waals surface area contributed by atoms with Crippen LogP contribution in [-0.2, 0) is 4.74 Å². The Labute approximate surface area is 114 Å². The molecule has 106 valence electrons. The van der Waals surface area contributed by atoms with Crippen LogP contribution >= 0.6 is 0 Å². The summed E-state index contributed by atoms with van der Waals surface area (Å²) in [4.78, 5) is 0. The number of aliphatic hydroxyl groups is 1. The highest BCUT2D eigenvalue weighted by molar-refractivity contribution is 5.28. The van der Waals surface area contributed by atoms with Crippen LogP contribution in [-0.4, -0.2) is 38.1 Å². The van der Waals surface area contributed by atoms with Gasteiger partial charge in [-0.1, -0.05) is 12.1 Å². The fourth-order valence-corrected chi connectivity index (χ4v) is 2.15. The molecule has 1 aliphatic rings. The first-order valence-corrected chi connectivity index (χ1v) is 6.84. The Kier molecular flexibility index (Phi) is 4.80. The molecule has 1 aliphatic heterocycles. The maximum Gasteiger partial charge on any atom is 0.119 e. The molecule has 0 spiro atoms. The van der Waals surface area contributed by atoms with E-state index in [2.05, 4.69) is 24.4 Å². The molecule has 0 aromatic heterocycles. The zero-order valence-electron chi connectivity index (χ0n) is 11.7. The molecule has 1 aromatic carbocycles. The number of aliphatic hydroxyl groups excluding tert-OH is 1.